The summed E-state index contributed by atoms with van der Waals surface area (Å²) in [6.45, 7) is 2.38. The van der Waals surface area contributed by atoms with Crippen molar-refractivity contribution in [1.82, 2.24) is 25.4 Å². The highest BCUT2D eigenvalue weighted by molar-refractivity contribution is 7.07. The van der Waals surface area contributed by atoms with Gasteiger partial charge in [0.2, 0.25) is 0 Å². The lowest BCUT2D eigenvalue weighted by molar-refractivity contribution is 0.0946. The summed E-state index contributed by atoms with van der Waals surface area (Å²) in [6, 6.07) is 2.32. The average Bonchev–Trinajstić information content (AvgIpc) is 3.10. The maximum atomic E-state index is 11.7. The molecule has 0 saturated heterocycles. The number of carbonyl (C=O) groups excluding carboxylic acids is 1. The molecule has 7 heteroatoms. The van der Waals surface area contributed by atoms with Gasteiger partial charge in [0.05, 0.1) is 17.2 Å². The Labute approximate surface area is 114 Å². The molecular weight excluding hydrogens is 262 g/mol. The number of rotatable bonds is 4. The molecule has 1 aliphatic rings. The van der Waals surface area contributed by atoms with Gasteiger partial charge in [-0.15, -0.1) is 11.3 Å². The van der Waals surface area contributed by atoms with Crippen LogP contribution < -0.4 is 10.6 Å². The first-order valence-corrected chi connectivity index (χ1v) is 7.18. The summed E-state index contributed by atoms with van der Waals surface area (Å²) in [5, 5.41) is 12.3. The molecular formula is C12H15N5OS. The van der Waals surface area contributed by atoms with E-state index in [-0.39, 0.29) is 5.91 Å². The summed E-state index contributed by atoms with van der Waals surface area (Å²) in [4.78, 5) is 15.7. The molecule has 3 heterocycles. The van der Waals surface area contributed by atoms with Crippen molar-refractivity contribution in [3.05, 3.63) is 34.5 Å². The van der Waals surface area contributed by atoms with E-state index in [2.05, 4.69) is 20.7 Å². The van der Waals surface area contributed by atoms with Crippen molar-refractivity contribution in [3.63, 3.8) is 0 Å². The van der Waals surface area contributed by atoms with Crippen molar-refractivity contribution < 1.29 is 4.79 Å². The van der Waals surface area contributed by atoms with Crippen molar-refractivity contribution >= 4 is 17.2 Å². The molecule has 1 aliphatic heterocycles. The van der Waals surface area contributed by atoms with Crippen LogP contribution in [0.4, 0.5) is 0 Å². The molecule has 0 aliphatic carbocycles. The first-order chi connectivity index (χ1) is 9.34. The zero-order valence-corrected chi connectivity index (χ0v) is 11.2. The number of amides is 1. The highest BCUT2D eigenvalue weighted by Gasteiger charge is 2.19. The normalized spacial score (nSPS) is 18.0. The van der Waals surface area contributed by atoms with Gasteiger partial charge < -0.3 is 10.6 Å². The Kier molecular flexibility index (Phi) is 3.56. The Morgan fingerprint density at radius 1 is 1.63 bits per heavy atom. The third-order valence-electron chi connectivity index (χ3n) is 3.21. The van der Waals surface area contributed by atoms with Crippen LogP contribution in [0.15, 0.2) is 23.2 Å². The number of hydrogen-bond donors (Lipinski definition) is 2. The number of nitrogens with zero attached hydrogens (tertiary/aromatic N) is 3. The predicted octanol–water partition coefficient (Wildman–Crippen LogP) is 0.804. The first-order valence-electron chi connectivity index (χ1n) is 6.24. The average molecular weight is 277 g/mol. The summed E-state index contributed by atoms with van der Waals surface area (Å²) in [6.07, 6.45) is 2.68. The van der Waals surface area contributed by atoms with Crippen LogP contribution in [0.1, 0.15) is 28.6 Å². The molecule has 0 saturated carbocycles. The number of fused-ring (bicyclic) bond motifs is 1. The molecule has 2 aromatic heterocycles. The molecule has 0 aromatic carbocycles. The molecule has 0 radical (unpaired) electrons. The smallest absolute Gasteiger partial charge is 0.270 e. The molecule has 1 amide bonds. The van der Waals surface area contributed by atoms with Gasteiger partial charge in [-0.2, -0.15) is 5.10 Å². The quantitative estimate of drug-likeness (QED) is 0.867. The summed E-state index contributed by atoms with van der Waals surface area (Å²) in [7, 11) is 0. The molecule has 2 N–H and O–H groups in total. The second kappa shape index (κ2) is 5.50. The fourth-order valence-corrected chi connectivity index (χ4v) is 2.79. The van der Waals surface area contributed by atoms with Gasteiger partial charge in [-0.05, 0) is 12.5 Å². The fraction of sp³-hybridized carbons (Fsp3) is 0.417. The van der Waals surface area contributed by atoms with Crippen molar-refractivity contribution in [2.75, 3.05) is 13.1 Å². The van der Waals surface area contributed by atoms with Crippen LogP contribution in [0.5, 0.6) is 0 Å². The number of carbonyl (C=O) groups is 1. The Balaban J connectivity index is 1.53. The third-order valence-corrected chi connectivity index (χ3v) is 3.80. The third kappa shape index (κ3) is 2.66. The van der Waals surface area contributed by atoms with Crippen LogP contribution >= 0.6 is 11.3 Å². The molecule has 0 bridgehead atoms. The molecule has 100 valence electrons. The lowest BCUT2D eigenvalue weighted by Crippen LogP contribution is -2.36. The first kappa shape index (κ1) is 12.3. The van der Waals surface area contributed by atoms with Crippen molar-refractivity contribution in [3.8, 4) is 0 Å². The Bertz CT molecular complexity index is 550. The second-order valence-electron chi connectivity index (χ2n) is 4.47. The Morgan fingerprint density at radius 3 is 3.42 bits per heavy atom. The van der Waals surface area contributed by atoms with E-state index in [4.69, 9.17) is 0 Å². The standard InChI is InChI=1S/C12H15N5OS/c18-12(11-7-19-8-15-11)14-3-1-9-5-13-6-10-2-4-16-17(9)10/h2,4,7-9,13H,1,3,5-6H2,(H,14,18)/t9-/m0/s1. The summed E-state index contributed by atoms with van der Waals surface area (Å²) in [5.41, 5.74) is 3.35. The maximum Gasteiger partial charge on any atom is 0.270 e. The number of thiazole rings is 1. The van der Waals surface area contributed by atoms with Gasteiger partial charge in [0.25, 0.3) is 5.91 Å². The van der Waals surface area contributed by atoms with Gasteiger partial charge in [-0.25, -0.2) is 4.98 Å². The van der Waals surface area contributed by atoms with Gasteiger partial charge in [0.15, 0.2) is 0 Å². The van der Waals surface area contributed by atoms with Gasteiger partial charge in [-0.1, -0.05) is 0 Å². The molecule has 3 rings (SSSR count). The topological polar surface area (TPSA) is 71.8 Å². The van der Waals surface area contributed by atoms with Gasteiger partial charge in [-0.3, -0.25) is 9.48 Å². The number of aromatic nitrogens is 3. The summed E-state index contributed by atoms with van der Waals surface area (Å²) in [5.74, 6) is -0.106. The molecule has 0 fully saturated rings. The minimum absolute atomic E-state index is 0.106. The van der Waals surface area contributed by atoms with E-state index in [1.807, 2.05) is 16.9 Å². The minimum atomic E-state index is -0.106. The van der Waals surface area contributed by atoms with Crippen LogP contribution in [-0.4, -0.2) is 33.8 Å². The van der Waals surface area contributed by atoms with Crippen LogP contribution in [0.2, 0.25) is 0 Å². The fourth-order valence-electron chi connectivity index (χ4n) is 2.26. The van der Waals surface area contributed by atoms with Gasteiger partial charge in [0, 0.05) is 31.2 Å². The molecule has 0 spiro atoms. The predicted molar refractivity (Wildman–Crippen MR) is 72.0 cm³/mol. The van der Waals surface area contributed by atoms with E-state index < -0.39 is 0 Å². The van der Waals surface area contributed by atoms with E-state index in [0.29, 0.717) is 18.3 Å². The summed E-state index contributed by atoms with van der Waals surface area (Å²) >= 11 is 1.43. The van der Waals surface area contributed by atoms with Crippen LogP contribution in [0.3, 0.4) is 0 Å². The molecule has 6 nitrogen and oxygen atoms in total. The molecule has 1 atom stereocenters. The summed E-state index contributed by atoms with van der Waals surface area (Å²) < 4.78 is 2.05. The SMILES string of the molecule is O=C(NCC[C@H]1CNCc2ccnn21)c1cscn1. The van der Waals surface area contributed by atoms with E-state index in [9.17, 15) is 4.79 Å². The van der Waals surface area contributed by atoms with E-state index in [0.717, 1.165) is 19.5 Å². The van der Waals surface area contributed by atoms with Crippen LogP contribution in [-0.2, 0) is 6.54 Å². The monoisotopic (exact) mass is 277 g/mol. The molecule has 19 heavy (non-hydrogen) atoms. The lowest BCUT2D eigenvalue weighted by atomic mass is 10.1. The van der Waals surface area contributed by atoms with E-state index >= 15 is 0 Å². The Morgan fingerprint density at radius 2 is 2.58 bits per heavy atom. The zero-order valence-electron chi connectivity index (χ0n) is 10.4. The van der Waals surface area contributed by atoms with E-state index in [1.54, 1.807) is 10.9 Å². The zero-order chi connectivity index (χ0) is 13.1. The highest BCUT2D eigenvalue weighted by Crippen LogP contribution is 2.16. The second-order valence-corrected chi connectivity index (χ2v) is 5.19. The highest BCUT2D eigenvalue weighted by atomic mass is 32.1. The lowest BCUT2D eigenvalue weighted by Gasteiger charge is -2.25. The van der Waals surface area contributed by atoms with Gasteiger partial charge >= 0.3 is 0 Å². The minimum Gasteiger partial charge on any atom is -0.351 e. The number of nitrogens with one attached hydrogen (secondary N) is 2. The van der Waals surface area contributed by atoms with Crippen LogP contribution in [0, 0.1) is 0 Å². The van der Waals surface area contributed by atoms with Crippen molar-refractivity contribution in [2.45, 2.75) is 19.0 Å². The van der Waals surface area contributed by atoms with Crippen molar-refractivity contribution in [1.29, 1.82) is 0 Å². The van der Waals surface area contributed by atoms with Crippen LogP contribution in [0.25, 0.3) is 0 Å². The van der Waals surface area contributed by atoms with Crippen molar-refractivity contribution in [2.24, 2.45) is 0 Å². The van der Waals surface area contributed by atoms with E-state index in [1.165, 1.54) is 17.0 Å². The maximum absolute atomic E-state index is 11.7. The molecule has 0 unspecified atom stereocenters. The van der Waals surface area contributed by atoms with Gasteiger partial charge in [0.1, 0.15) is 5.69 Å². The number of hydrogen-bond acceptors (Lipinski definition) is 5. The molecule has 2 aromatic rings. The largest absolute Gasteiger partial charge is 0.351 e. The Hall–Kier alpha value is -1.73.